The number of hydrogen-bond acceptors (Lipinski definition) is 4. The highest BCUT2D eigenvalue weighted by molar-refractivity contribution is 6.30. The lowest BCUT2D eigenvalue weighted by Gasteiger charge is -2.30. The van der Waals surface area contributed by atoms with E-state index in [2.05, 4.69) is 5.32 Å². The van der Waals surface area contributed by atoms with Crippen molar-refractivity contribution in [1.29, 1.82) is 0 Å². The number of likely N-dealkylation sites (N-methyl/N-ethyl adjacent to an activating group) is 1. The second kappa shape index (κ2) is 7.73. The van der Waals surface area contributed by atoms with Crippen molar-refractivity contribution in [3.63, 3.8) is 0 Å². The molecule has 1 aromatic rings. The Hall–Kier alpha value is -1.17. The van der Waals surface area contributed by atoms with E-state index in [1.54, 1.807) is 19.9 Å². The zero-order valence-corrected chi connectivity index (χ0v) is 13.6. The van der Waals surface area contributed by atoms with Crippen LogP contribution in [0.1, 0.15) is 19.4 Å². The van der Waals surface area contributed by atoms with Gasteiger partial charge in [0.05, 0.1) is 11.6 Å². The molecular weight excluding hydrogens is 295 g/mol. The van der Waals surface area contributed by atoms with Crippen LogP contribution >= 0.6 is 11.6 Å². The highest BCUT2D eigenvalue weighted by Crippen LogP contribution is 2.26. The minimum atomic E-state index is -1.07. The summed E-state index contributed by atoms with van der Waals surface area (Å²) in [4.78, 5) is 14.3. The molecule has 1 aromatic carbocycles. The molecule has 0 bridgehead atoms. The summed E-state index contributed by atoms with van der Waals surface area (Å²) >= 11 is 5.82. The van der Waals surface area contributed by atoms with Crippen molar-refractivity contribution < 1.29 is 13.9 Å². The third-order valence-electron chi connectivity index (χ3n) is 3.22. The lowest BCUT2D eigenvalue weighted by atomic mass is 9.92. The molecule has 0 spiro atoms. The first-order chi connectivity index (χ1) is 9.81. The molecular formula is C15H22ClFN2O2. The van der Waals surface area contributed by atoms with Gasteiger partial charge in [-0.3, -0.25) is 5.32 Å². The number of ether oxygens (including phenoxy) is 1. The van der Waals surface area contributed by atoms with Gasteiger partial charge in [0.2, 0.25) is 0 Å². The molecule has 0 saturated carbocycles. The SMILES string of the molecule is CCOC(=O)C(C)(NCCN(C)C)c1ccc(F)c(Cl)c1. The van der Waals surface area contributed by atoms with Crippen molar-refractivity contribution in [3.05, 3.63) is 34.6 Å². The minimum Gasteiger partial charge on any atom is -0.464 e. The van der Waals surface area contributed by atoms with E-state index in [1.165, 1.54) is 12.1 Å². The average molecular weight is 317 g/mol. The topological polar surface area (TPSA) is 41.6 Å². The predicted molar refractivity (Wildman–Crippen MR) is 82.0 cm³/mol. The van der Waals surface area contributed by atoms with E-state index in [0.29, 0.717) is 12.1 Å². The molecule has 6 heteroatoms. The summed E-state index contributed by atoms with van der Waals surface area (Å²) in [6, 6.07) is 4.25. The normalized spacial score (nSPS) is 14.0. The Morgan fingerprint density at radius 1 is 1.48 bits per heavy atom. The summed E-state index contributed by atoms with van der Waals surface area (Å²) in [5.74, 6) is -0.925. The second-order valence-corrected chi connectivity index (χ2v) is 5.61. The van der Waals surface area contributed by atoms with Crippen LogP contribution in [-0.4, -0.2) is 44.7 Å². The molecule has 0 saturated heterocycles. The predicted octanol–water partition coefficient (Wildman–Crippen LogP) is 2.41. The van der Waals surface area contributed by atoms with E-state index in [-0.39, 0.29) is 11.6 Å². The number of benzene rings is 1. The smallest absolute Gasteiger partial charge is 0.330 e. The highest BCUT2D eigenvalue weighted by Gasteiger charge is 2.36. The molecule has 1 unspecified atom stereocenters. The molecule has 0 aromatic heterocycles. The molecule has 0 aliphatic heterocycles. The molecule has 0 radical (unpaired) electrons. The average Bonchev–Trinajstić information content (AvgIpc) is 2.41. The van der Waals surface area contributed by atoms with E-state index < -0.39 is 17.3 Å². The number of halogens is 2. The highest BCUT2D eigenvalue weighted by atomic mass is 35.5. The summed E-state index contributed by atoms with van der Waals surface area (Å²) in [5, 5.41) is 3.16. The number of carbonyl (C=O) groups excluding carboxylic acids is 1. The van der Waals surface area contributed by atoms with Crippen molar-refractivity contribution in [3.8, 4) is 0 Å². The molecule has 4 nitrogen and oxygen atoms in total. The number of esters is 1. The lowest BCUT2D eigenvalue weighted by Crippen LogP contribution is -2.49. The molecule has 0 aliphatic carbocycles. The summed E-state index contributed by atoms with van der Waals surface area (Å²) in [7, 11) is 3.89. The van der Waals surface area contributed by atoms with Gasteiger partial charge in [0.1, 0.15) is 11.4 Å². The van der Waals surface area contributed by atoms with E-state index in [1.807, 2.05) is 19.0 Å². The Kier molecular flexibility index (Phi) is 6.58. The van der Waals surface area contributed by atoms with Crippen LogP contribution in [0.5, 0.6) is 0 Å². The molecule has 0 amide bonds. The first kappa shape index (κ1) is 17.9. The standard InChI is InChI=1S/C15H22ClFN2O2/c1-5-21-14(20)15(2,18-8-9-19(3)4)11-6-7-13(17)12(16)10-11/h6-7,10,18H,5,8-9H2,1-4H3. The van der Waals surface area contributed by atoms with Crippen molar-refractivity contribution in [2.45, 2.75) is 19.4 Å². The fraction of sp³-hybridized carbons (Fsp3) is 0.533. The maximum absolute atomic E-state index is 13.3. The number of nitrogens with one attached hydrogen (secondary N) is 1. The monoisotopic (exact) mass is 316 g/mol. The second-order valence-electron chi connectivity index (χ2n) is 5.20. The first-order valence-electron chi connectivity index (χ1n) is 6.83. The van der Waals surface area contributed by atoms with Crippen LogP contribution < -0.4 is 5.32 Å². The van der Waals surface area contributed by atoms with Crippen molar-refractivity contribution in [2.75, 3.05) is 33.8 Å². The lowest BCUT2D eigenvalue weighted by molar-refractivity contribution is -0.151. The molecule has 1 N–H and O–H groups in total. The van der Waals surface area contributed by atoms with E-state index in [0.717, 1.165) is 6.54 Å². The molecule has 0 fully saturated rings. The van der Waals surface area contributed by atoms with Crippen LogP contribution in [0.25, 0.3) is 0 Å². The number of rotatable bonds is 7. The molecule has 0 heterocycles. The Labute approximate surface area is 130 Å². The maximum Gasteiger partial charge on any atom is 0.330 e. The van der Waals surface area contributed by atoms with Crippen LogP contribution in [0.2, 0.25) is 5.02 Å². The van der Waals surface area contributed by atoms with E-state index in [4.69, 9.17) is 16.3 Å². The fourth-order valence-corrected chi connectivity index (χ4v) is 2.08. The van der Waals surface area contributed by atoms with Gasteiger partial charge in [0.25, 0.3) is 0 Å². The van der Waals surface area contributed by atoms with Crippen LogP contribution in [0.3, 0.4) is 0 Å². The fourth-order valence-electron chi connectivity index (χ4n) is 1.90. The quantitative estimate of drug-likeness (QED) is 0.784. The number of nitrogens with zero attached hydrogens (tertiary/aromatic N) is 1. The van der Waals surface area contributed by atoms with Crippen LogP contribution in [0.4, 0.5) is 4.39 Å². The van der Waals surface area contributed by atoms with Gasteiger partial charge in [-0.15, -0.1) is 0 Å². The Morgan fingerprint density at radius 3 is 2.67 bits per heavy atom. The van der Waals surface area contributed by atoms with Crippen molar-refractivity contribution >= 4 is 17.6 Å². The van der Waals surface area contributed by atoms with Crippen LogP contribution in [0, 0.1) is 5.82 Å². The van der Waals surface area contributed by atoms with Gasteiger partial charge in [-0.1, -0.05) is 17.7 Å². The largest absolute Gasteiger partial charge is 0.464 e. The minimum absolute atomic E-state index is 0.0163. The van der Waals surface area contributed by atoms with Crippen molar-refractivity contribution in [2.24, 2.45) is 0 Å². The Morgan fingerprint density at radius 2 is 2.14 bits per heavy atom. The molecule has 1 atom stereocenters. The number of hydrogen-bond donors (Lipinski definition) is 1. The summed E-state index contributed by atoms with van der Waals surface area (Å²) in [6.45, 7) is 5.07. The Bertz CT molecular complexity index is 497. The maximum atomic E-state index is 13.3. The first-order valence-corrected chi connectivity index (χ1v) is 7.21. The van der Waals surface area contributed by atoms with Gasteiger partial charge in [0.15, 0.2) is 0 Å². The molecule has 0 aliphatic rings. The summed E-state index contributed by atoms with van der Waals surface area (Å²) in [6.07, 6.45) is 0. The van der Waals surface area contributed by atoms with Gasteiger partial charge >= 0.3 is 5.97 Å². The van der Waals surface area contributed by atoms with Gasteiger partial charge < -0.3 is 9.64 Å². The third kappa shape index (κ3) is 4.66. The Balaban J connectivity index is 3.04. The van der Waals surface area contributed by atoms with Crippen LogP contribution in [0.15, 0.2) is 18.2 Å². The van der Waals surface area contributed by atoms with Gasteiger partial charge in [-0.05, 0) is 45.6 Å². The van der Waals surface area contributed by atoms with Gasteiger partial charge in [-0.2, -0.15) is 0 Å². The summed E-state index contributed by atoms with van der Waals surface area (Å²) in [5.41, 5.74) is -0.491. The molecule has 21 heavy (non-hydrogen) atoms. The number of carbonyl (C=O) groups is 1. The molecule has 118 valence electrons. The molecule has 1 rings (SSSR count). The zero-order valence-electron chi connectivity index (χ0n) is 12.9. The third-order valence-corrected chi connectivity index (χ3v) is 3.51. The van der Waals surface area contributed by atoms with E-state index >= 15 is 0 Å². The van der Waals surface area contributed by atoms with Crippen molar-refractivity contribution in [1.82, 2.24) is 10.2 Å². The van der Waals surface area contributed by atoms with Gasteiger partial charge in [-0.25, -0.2) is 9.18 Å². The van der Waals surface area contributed by atoms with Crippen LogP contribution in [-0.2, 0) is 15.1 Å². The van der Waals surface area contributed by atoms with E-state index in [9.17, 15) is 9.18 Å². The zero-order chi connectivity index (χ0) is 16.0. The summed E-state index contributed by atoms with van der Waals surface area (Å²) < 4.78 is 18.5. The van der Waals surface area contributed by atoms with Gasteiger partial charge in [0, 0.05) is 13.1 Å².